The Kier molecular flexibility index (Phi) is 9.38. The molecule has 4 aromatic rings. The van der Waals surface area contributed by atoms with Crippen LogP contribution >= 0.6 is 11.6 Å². The molecule has 2 aliphatic heterocycles. The van der Waals surface area contributed by atoms with Crippen molar-refractivity contribution < 1.29 is 24.2 Å². The predicted octanol–water partition coefficient (Wildman–Crippen LogP) is 4.18. The van der Waals surface area contributed by atoms with Crippen molar-refractivity contribution in [2.24, 2.45) is 5.73 Å². The fraction of sp³-hybridized carbons (Fsp3) is 0.286. The molecule has 2 aliphatic rings. The minimum Gasteiger partial charge on any atom is -0.507 e. The van der Waals surface area contributed by atoms with E-state index in [0.29, 0.717) is 72.2 Å². The molecule has 11 heteroatoms. The number of phenols is 1. The standard InChI is InChI=1S/C35H34ClN5O5/c36-27-10-13-31(42)29(21-27)33-26(22-40(39-33)17-16-37)9-6-24-7-11-28(12-8-24)38-34(44)30-23-46-35(14-18-45-19-15-35)41(30)32(43)20-25-4-2-1-3-5-25/h1-5,7-8,10-13,21-22,30,42H,14-20,23,37H2,(H,38,44)/t30-/m0/s1. The van der Waals surface area contributed by atoms with Crippen LogP contribution in [0.2, 0.25) is 5.02 Å². The highest BCUT2D eigenvalue weighted by molar-refractivity contribution is 6.31. The van der Waals surface area contributed by atoms with Gasteiger partial charge in [0, 0.05) is 47.4 Å². The summed E-state index contributed by atoms with van der Waals surface area (Å²) >= 11 is 6.18. The topological polar surface area (TPSA) is 132 Å². The van der Waals surface area contributed by atoms with Crippen molar-refractivity contribution in [1.29, 1.82) is 0 Å². The number of halogens is 1. The van der Waals surface area contributed by atoms with E-state index in [4.69, 9.17) is 26.8 Å². The SMILES string of the molecule is NCCn1cc(C#Cc2ccc(NC(=O)[C@@H]3COC4(CCOCC4)N3C(=O)Cc3ccccc3)cc2)c(-c2cc(Cl)ccc2O)n1. The number of anilines is 1. The number of aromatic hydroxyl groups is 1. The molecule has 1 spiro atoms. The minimum atomic E-state index is -0.857. The number of hydrogen-bond donors (Lipinski definition) is 3. The van der Waals surface area contributed by atoms with E-state index in [1.54, 1.807) is 52.2 Å². The summed E-state index contributed by atoms with van der Waals surface area (Å²) in [6, 6.07) is 20.6. The van der Waals surface area contributed by atoms with Crippen LogP contribution in [0, 0.1) is 11.8 Å². The fourth-order valence-electron chi connectivity index (χ4n) is 5.85. The Bertz CT molecular complexity index is 1770. The van der Waals surface area contributed by atoms with Gasteiger partial charge in [-0.15, -0.1) is 0 Å². The number of carbonyl (C=O) groups excluding carboxylic acids is 2. The normalized spacial score (nSPS) is 17.0. The molecule has 1 aromatic heterocycles. The lowest BCUT2D eigenvalue weighted by Gasteiger charge is -2.41. The summed E-state index contributed by atoms with van der Waals surface area (Å²) in [4.78, 5) is 28.9. The second-order valence-electron chi connectivity index (χ2n) is 11.2. The van der Waals surface area contributed by atoms with Crippen molar-refractivity contribution in [2.45, 2.75) is 37.6 Å². The summed E-state index contributed by atoms with van der Waals surface area (Å²) in [5.41, 5.74) is 8.59. The molecule has 46 heavy (non-hydrogen) atoms. The van der Waals surface area contributed by atoms with E-state index in [2.05, 4.69) is 22.3 Å². The summed E-state index contributed by atoms with van der Waals surface area (Å²) in [5, 5.41) is 18.4. The summed E-state index contributed by atoms with van der Waals surface area (Å²) < 4.78 is 13.4. The highest BCUT2D eigenvalue weighted by Crippen LogP contribution is 2.38. The zero-order valence-corrected chi connectivity index (χ0v) is 25.9. The zero-order valence-electron chi connectivity index (χ0n) is 25.1. The first-order valence-corrected chi connectivity index (χ1v) is 15.5. The number of ether oxygens (including phenoxy) is 2. The van der Waals surface area contributed by atoms with Crippen LogP contribution in [-0.4, -0.2) is 69.7 Å². The number of phenolic OH excluding ortho intramolecular Hbond substituents is 1. The molecule has 0 aliphatic carbocycles. The van der Waals surface area contributed by atoms with E-state index < -0.39 is 11.8 Å². The number of nitrogens with zero attached hydrogens (tertiary/aromatic N) is 3. The van der Waals surface area contributed by atoms with Crippen LogP contribution in [0.25, 0.3) is 11.3 Å². The quantitative estimate of drug-likeness (QED) is 0.259. The molecule has 2 fully saturated rings. The van der Waals surface area contributed by atoms with Crippen LogP contribution < -0.4 is 11.1 Å². The van der Waals surface area contributed by atoms with Crippen molar-refractivity contribution in [1.82, 2.24) is 14.7 Å². The number of nitrogens with two attached hydrogens (primary N) is 1. The Morgan fingerprint density at radius 2 is 1.83 bits per heavy atom. The van der Waals surface area contributed by atoms with Gasteiger partial charge >= 0.3 is 0 Å². The Hall–Kier alpha value is -4.66. The lowest BCUT2D eigenvalue weighted by atomic mass is 9.99. The first kappa shape index (κ1) is 31.3. The molecule has 0 unspecified atom stereocenters. The van der Waals surface area contributed by atoms with Gasteiger partial charge in [-0.3, -0.25) is 19.2 Å². The molecule has 0 radical (unpaired) electrons. The molecule has 2 amide bonds. The highest BCUT2D eigenvalue weighted by atomic mass is 35.5. The van der Waals surface area contributed by atoms with Crippen molar-refractivity contribution >= 4 is 29.1 Å². The predicted molar refractivity (Wildman–Crippen MR) is 174 cm³/mol. The number of aromatic nitrogens is 2. The summed E-state index contributed by atoms with van der Waals surface area (Å²) in [5.74, 6) is 5.85. The fourth-order valence-corrected chi connectivity index (χ4v) is 6.02. The molecule has 0 saturated carbocycles. The molecule has 236 valence electrons. The number of hydrogen-bond acceptors (Lipinski definition) is 7. The molecule has 2 saturated heterocycles. The largest absolute Gasteiger partial charge is 0.507 e. The van der Waals surface area contributed by atoms with Crippen LogP contribution in [0.3, 0.4) is 0 Å². The maximum absolute atomic E-state index is 13.7. The van der Waals surface area contributed by atoms with Gasteiger partial charge in [0.2, 0.25) is 11.8 Å². The van der Waals surface area contributed by atoms with E-state index >= 15 is 0 Å². The molecule has 3 heterocycles. The first-order chi connectivity index (χ1) is 22.3. The van der Waals surface area contributed by atoms with Crippen molar-refractivity contribution in [2.75, 3.05) is 31.7 Å². The molecule has 10 nitrogen and oxygen atoms in total. The van der Waals surface area contributed by atoms with Gasteiger partial charge in [0.1, 0.15) is 23.2 Å². The van der Waals surface area contributed by atoms with E-state index in [1.807, 2.05) is 30.3 Å². The minimum absolute atomic E-state index is 0.0428. The molecule has 6 rings (SSSR count). The maximum atomic E-state index is 13.7. The third kappa shape index (κ3) is 6.78. The Morgan fingerprint density at radius 3 is 2.57 bits per heavy atom. The number of rotatable bonds is 7. The van der Waals surface area contributed by atoms with Gasteiger partial charge in [-0.1, -0.05) is 53.8 Å². The highest BCUT2D eigenvalue weighted by Gasteiger charge is 2.53. The zero-order chi connectivity index (χ0) is 32.1. The number of nitrogens with one attached hydrogen (secondary N) is 1. The smallest absolute Gasteiger partial charge is 0.249 e. The monoisotopic (exact) mass is 639 g/mol. The summed E-state index contributed by atoms with van der Waals surface area (Å²) in [7, 11) is 0. The Labute approximate surface area is 272 Å². The van der Waals surface area contributed by atoms with Gasteiger partial charge in [-0.25, -0.2) is 0 Å². The van der Waals surface area contributed by atoms with Crippen molar-refractivity contribution in [3.8, 4) is 28.8 Å². The number of benzene rings is 3. The average Bonchev–Trinajstić information content (AvgIpc) is 3.64. The van der Waals surface area contributed by atoms with Crippen molar-refractivity contribution in [3.63, 3.8) is 0 Å². The van der Waals surface area contributed by atoms with Gasteiger partial charge in [0.25, 0.3) is 0 Å². The van der Waals surface area contributed by atoms with Crippen LogP contribution in [0.5, 0.6) is 5.75 Å². The molecule has 0 bridgehead atoms. The van der Waals surface area contributed by atoms with Crippen LogP contribution in [-0.2, 0) is 32.0 Å². The molecule has 4 N–H and O–H groups in total. The van der Waals surface area contributed by atoms with E-state index in [1.165, 1.54) is 6.07 Å². The van der Waals surface area contributed by atoms with Gasteiger partial charge in [0.15, 0.2) is 0 Å². The lowest BCUT2D eigenvalue weighted by Crippen LogP contribution is -2.57. The van der Waals surface area contributed by atoms with Crippen molar-refractivity contribution in [3.05, 3.63) is 101 Å². The van der Waals surface area contributed by atoms with Gasteiger partial charge in [-0.2, -0.15) is 5.10 Å². The van der Waals surface area contributed by atoms with Gasteiger partial charge in [0.05, 0.1) is 38.3 Å². The van der Waals surface area contributed by atoms with Crippen LogP contribution in [0.1, 0.15) is 29.5 Å². The third-order valence-electron chi connectivity index (χ3n) is 8.13. The van der Waals surface area contributed by atoms with E-state index in [9.17, 15) is 14.7 Å². The van der Waals surface area contributed by atoms with E-state index in [0.717, 1.165) is 5.56 Å². The Balaban J connectivity index is 1.19. The van der Waals surface area contributed by atoms with Crippen LogP contribution in [0.4, 0.5) is 5.69 Å². The van der Waals surface area contributed by atoms with E-state index in [-0.39, 0.29) is 30.6 Å². The maximum Gasteiger partial charge on any atom is 0.249 e. The molecule has 1 atom stereocenters. The Morgan fingerprint density at radius 1 is 1.07 bits per heavy atom. The number of amides is 2. The summed E-state index contributed by atoms with van der Waals surface area (Å²) in [6.07, 6.45) is 2.97. The third-order valence-corrected chi connectivity index (χ3v) is 8.37. The van der Waals surface area contributed by atoms with Gasteiger partial charge in [-0.05, 0) is 48.0 Å². The molecular weight excluding hydrogens is 606 g/mol. The average molecular weight is 640 g/mol. The number of carbonyl (C=O) groups is 2. The second-order valence-corrected chi connectivity index (χ2v) is 11.7. The second kappa shape index (κ2) is 13.8. The van der Waals surface area contributed by atoms with Crippen LogP contribution in [0.15, 0.2) is 79.0 Å². The van der Waals surface area contributed by atoms with Gasteiger partial charge < -0.3 is 25.6 Å². The molecule has 3 aromatic carbocycles. The first-order valence-electron chi connectivity index (χ1n) is 15.1. The molecular formula is C35H34ClN5O5. The summed E-state index contributed by atoms with van der Waals surface area (Å²) in [6.45, 7) is 1.91. The lowest BCUT2D eigenvalue weighted by molar-refractivity contribution is -0.169.